The van der Waals surface area contributed by atoms with E-state index < -0.39 is 0 Å². The number of rotatable bonds is 0. The third-order valence-corrected chi connectivity index (χ3v) is 5.07. The quantitative estimate of drug-likeness (QED) is 0.608. The summed E-state index contributed by atoms with van der Waals surface area (Å²) < 4.78 is 0. The fourth-order valence-electron chi connectivity index (χ4n) is 2.82. The molecule has 3 atom stereocenters. The number of fused-ring (bicyclic) bond motifs is 5. The molecule has 0 aliphatic carbocycles. The van der Waals surface area contributed by atoms with Crippen LogP contribution < -0.4 is 16.2 Å². The molecule has 3 heterocycles. The number of nitrogens with one attached hydrogen (secondary N) is 3. The zero-order valence-corrected chi connectivity index (χ0v) is 9.63. The standard InChI is InChI=1S/C11H14N4S/c1-2-4-9-7(3-1)8-5-12-11-14-13-6-15(11)10(8)16-9/h1-4,8,10-14H,5-6H2. The summed E-state index contributed by atoms with van der Waals surface area (Å²) >= 11 is 2.00. The van der Waals surface area contributed by atoms with Crippen LogP contribution in [0.5, 0.6) is 0 Å². The molecular formula is C11H14N4S. The van der Waals surface area contributed by atoms with Crippen LogP contribution in [0.2, 0.25) is 0 Å². The van der Waals surface area contributed by atoms with Crippen LogP contribution in [0.25, 0.3) is 0 Å². The van der Waals surface area contributed by atoms with Gasteiger partial charge in [0, 0.05) is 17.4 Å². The Morgan fingerprint density at radius 3 is 3.25 bits per heavy atom. The summed E-state index contributed by atoms with van der Waals surface area (Å²) in [6.45, 7) is 1.98. The molecule has 3 unspecified atom stereocenters. The Labute approximate surface area is 98.7 Å². The molecule has 0 saturated carbocycles. The number of nitrogens with zero attached hydrogens (tertiary/aromatic N) is 1. The van der Waals surface area contributed by atoms with E-state index in [4.69, 9.17) is 0 Å². The third kappa shape index (κ3) is 1.20. The molecule has 2 saturated heterocycles. The van der Waals surface area contributed by atoms with Crippen molar-refractivity contribution in [1.82, 2.24) is 21.1 Å². The van der Waals surface area contributed by atoms with Crippen molar-refractivity contribution in [3.8, 4) is 0 Å². The van der Waals surface area contributed by atoms with Crippen LogP contribution in [0.4, 0.5) is 0 Å². The van der Waals surface area contributed by atoms with Crippen molar-refractivity contribution in [2.24, 2.45) is 0 Å². The Bertz CT molecular complexity index is 424. The van der Waals surface area contributed by atoms with Gasteiger partial charge in [-0.15, -0.1) is 11.8 Å². The van der Waals surface area contributed by atoms with E-state index in [0.717, 1.165) is 13.2 Å². The predicted molar refractivity (Wildman–Crippen MR) is 63.6 cm³/mol. The maximum Gasteiger partial charge on any atom is 0.129 e. The molecule has 5 heteroatoms. The van der Waals surface area contributed by atoms with Gasteiger partial charge in [0.2, 0.25) is 0 Å². The second kappa shape index (κ2) is 3.45. The van der Waals surface area contributed by atoms with E-state index in [1.165, 1.54) is 10.5 Å². The Hall–Kier alpha value is -0.590. The molecule has 0 aromatic heterocycles. The Balaban J connectivity index is 1.72. The molecule has 0 bridgehead atoms. The van der Waals surface area contributed by atoms with E-state index in [9.17, 15) is 0 Å². The summed E-state index contributed by atoms with van der Waals surface area (Å²) in [4.78, 5) is 3.91. The van der Waals surface area contributed by atoms with Crippen LogP contribution in [-0.2, 0) is 0 Å². The number of hydrogen-bond donors (Lipinski definition) is 3. The number of benzene rings is 1. The molecule has 4 rings (SSSR count). The lowest BCUT2D eigenvalue weighted by atomic mass is 9.97. The van der Waals surface area contributed by atoms with E-state index >= 15 is 0 Å². The van der Waals surface area contributed by atoms with E-state index in [-0.39, 0.29) is 0 Å². The maximum atomic E-state index is 3.53. The molecule has 16 heavy (non-hydrogen) atoms. The third-order valence-electron chi connectivity index (χ3n) is 3.60. The van der Waals surface area contributed by atoms with Crippen molar-refractivity contribution < 1.29 is 0 Å². The lowest BCUT2D eigenvalue weighted by molar-refractivity contribution is 0.133. The summed E-state index contributed by atoms with van der Waals surface area (Å²) in [6.07, 6.45) is 0.295. The van der Waals surface area contributed by atoms with Gasteiger partial charge in [-0.2, -0.15) is 0 Å². The van der Waals surface area contributed by atoms with Gasteiger partial charge in [-0.3, -0.25) is 5.32 Å². The van der Waals surface area contributed by atoms with Crippen molar-refractivity contribution in [1.29, 1.82) is 0 Å². The molecule has 1 aromatic carbocycles. The van der Waals surface area contributed by atoms with Crippen LogP contribution in [0.1, 0.15) is 11.5 Å². The van der Waals surface area contributed by atoms with Gasteiger partial charge in [0.05, 0.1) is 12.0 Å². The summed E-state index contributed by atoms with van der Waals surface area (Å²) in [5.41, 5.74) is 7.96. The van der Waals surface area contributed by atoms with Gasteiger partial charge < -0.3 is 0 Å². The van der Waals surface area contributed by atoms with E-state index in [1.54, 1.807) is 0 Å². The molecule has 0 spiro atoms. The highest BCUT2D eigenvalue weighted by Crippen LogP contribution is 2.48. The minimum absolute atomic E-state index is 0.295. The summed E-state index contributed by atoms with van der Waals surface area (Å²) in [5.74, 6) is 0.624. The monoisotopic (exact) mass is 234 g/mol. The van der Waals surface area contributed by atoms with E-state index in [1.807, 2.05) is 11.8 Å². The number of thioether (sulfide) groups is 1. The first-order chi connectivity index (χ1) is 7.93. The van der Waals surface area contributed by atoms with Crippen LogP contribution in [-0.4, -0.2) is 29.8 Å². The van der Waals surface area contributed by atoms with Crippen LogP contribution in [0.15, 0.2) is 29.2 Å². The Kier molecular flexibility index (Phi) is 2.04. The zero-order chi connectivity index (χ0) is 10.5. The molecule has 2 fully saturated rings. The van der Waals surface area contributed by atoms with Crippen molar-refractivity contribution in [3.63, 3.8) is 0 Å². The first-order valence-electron chi connectivity index (χ1n) is 5.66. The van der Waals surface area contributed by atoms with Crippen molar-refractivity contribution in [2.75, 3.05) is 13.2 Å². The minimum Gasteiger partial charge on any atom is -0.288 e. The SMILES string of the molecule is c1ccc2c(c1)SC1C2CNC2NNCN21. The number of hydrazine groups is 1. The van der Waals surface area contributed by atoms with Gasteiger partial charge in [-0.25, -0.2) is 15.8 Å². The van der Waals surface area contributed by atoms with Gasteiger partial charge in [0.15, 0.2) is 0 Å². The highest BCUT2D eigenvalue weighted by atomic mass is 32.2. The average molecular weight is 234 g/mol. The summed E-state index contributed by atoms with van der Waals surface area (Å²) in [7, 11) is 0. The van der Waals surface area contributed by atoms with Gasteiger partial charge in [-0.1, -0.05) is 18.2 Å². The van der Waals surface area contributed by atoms with Gasteiger partial charge in [-0.05, 0) is 11.6 Å². The largest absolute Gasteiger partial charge is 0.288 e. The lowest BCUT2D eigenvalue weighted by Gasteiger charge is -2.38. The molecule has 84 valence electrons. The molecular weight excluding hydrogens is 220 g/mol. The lowest BCUT2D eigenvalue weighted by Crippen LogP contribution is -2.58. The second-order valence-electron chi connectivity index (χ2n) is 4.46. The molecule has 1 aromatic rings. The summed E-state index contributed by atoms with van der Waals surface area (Å²) in [6, 6.07) is 8.79. The van der Waals surface area contributed by atoms with Gasteiger partial charge >= 0.3 is 0 Å². The van der Waals surface area contributed by atoms with Crippen molar-refractivity contribution >= 4 is 11.8 Å². The predicted octanol–water partition coefficient (Wildman–Crippen LogP) is 0.456. The average Bonchev–Trinajstić information content (AvgIpc) is 2.92. The van der Waals surface area contributed by atoms with Gasteiger partial charge in [0.1, 0.15) is 6.29 Å². The van der Waals surface area contributed by atoms with Crippen LogP contribution in [0.3, 0.4) is 0 Å². The van der Waals surface area contributed by atoms with Crippen molar-refractivity contribution in [3.05, 3.63) is 29.8 Å². The van der Waals surface area contributed by atoms with Crippen LogP contribution >= 0.6 is 11.8 Å². The number of hydrogen-bond acceptors (Lipinski definition) is 5. The normalized spacial score (nSPS) is 36.9. The van der Waals surface area contributed by atoms with Gasteiger partial charge in [0.25, 0.3) is 0 Å². The minimum atomic E-state index is 0.295. The molecule has 3 aliphatic heterocycles. The summed E-state index contributed by atoms with van der Waals surface area (Å²) in [5, 5.41) is 4.11. The smallest absolute Gasteiger partial charge is 0.129 e. The molecule has 3 aliphatic rings. The highest BCUT2D eigenvalue weighted by Gasteiger charge is 2.44. The van der Waals surface area contributed by atoms with Crippen LogP contribution in [0, 0.1) is 0 Å². The van der Waals surface area contributed by atoms with E-state index in [2.05, 4.69) is 45.3 Å². The fourth-order valence-corrected chi connectivity index (χ4v) is 4.33. The highest BCUT2D eigenvalue weighted by molar-refractivity contribution is 8.00. The zero-order valence-electron chi connectivity index (χ0n) is 8.81. The topological polar surface area (TPSA) is 39.3 Å². The molecule has 0 radical (unpaired) electrons. The molecule has 3 N–H and O–H groups in total. The van der Waals surface area contributed by atoms with Crippen molar-refractivity contribution in [2.45, 2.75) is 22.5 Å². The second-order valence-corrected chi connectivity index (χ2v) is 5.62. The Morgan fingerprint density at radius 2 is 2.25 bits per heavy atom. The maximum absolute atomic E-state index is 3.53. The fraction of sp³-hybridized carbons (Fsp3) is 0.455. The first-order valence-corrected chi connectivity index (χ1v) is 6.54. The van der Waals surface area contributed by atoms with E-state index in [0.29, 0.717) is 17.6 Å². The first kappa shape index (κ1) is 9.44. The Morgan fingerprint density at radius 1 is 1.31 bits per heavy atom. The molecule has 4 nitrogen and oxygen atoms in total. The molecule has 0 amide bonds.